The molecule has 1 aromatic rings. The average Bonchev–Trinajstić information content (AvgIpc) is 2.27. The molecule has 0 aliphatic carbocycles. The number of halogens is 2. The number of alkyl halides is 2. The molecule has 1 nitrogen and oxygen atoms in total. The molecule has 0 aromatic heterocycles. The Morgan fingerprint density at radius 2 is 2.20 bits per heavy atom. The molecule has 1 rings (SSSR count). The van der Waals surface area contributed by atoms with E-state index in [1.165, 1.54) is 0 Å². The molecular weight excluding hydrogens is 296 g/mol. The van der Waals surface area contributed by atoms with E-state index in [1.54, 1.807) is 18.7 Å². The quantitative estimate of drug-likeness (QED) is 0.473. The number of rotatable bonds is 4. The Hall–Kier alpha value is 0.01000. The first-order chi connectivity index (χ1) is 7.08. The molecule has 82 valence electrons. The van der Waals surface area contributed by atoms with Crippen molar-refractivity contribution in [3.8, 4) is 0 Å². The summed E-state index contributed by atoms with van der Waals surface area (Å²) in [5.74, 6) is -0.0187. The molecule has 0 aliphatic rings. The second kappa shape index (κ2) is 5.92. The van der Waals surface area contributed by atoms with Gasteiger partial charge in [0.05, 0.1) is 5.38 Å². The van der Waals surface area contributed by atoms with Crippen molar-refractivity contribution in [2.45, 2.75) is 22.5 Å². The molecule has 0 saturated heterocycles. The SMILES string of the molecule is CSc1cc(CBr)cc(C(=O)C(C)Cl)c1. The maximum absolute atomic E-state index is 11.7. The first-order valence-electron chi connectivity index (χ1n) is 4.50. The number of ketones is 1. The molecule has 0 bridgehead atoms. The van der Waals surface area contributed by atoms with Gasteiger partial charge in [-0.05, 0) is 36.9 Å². The second-order valence-electron chi connectivity index (χ2n) is 3.18. The van der Waals surface area contributed by atoms with E-state index in [-0.39, 0.29) is 5.78 Å². The summed E-state index contributed by atoms with van der Waals surface area (Å²) in [6.07, 6.45) is 1.99. The number of hydrogen-bond acceptors (Lipinski definition) is 2. The van der Waals surface area contributed by atoms with Gasteiger partial charge in [0.2, 0.25) is 0 Å². The van der Waals surface area contributed by atoms with Crippen molar-refractivity contribution in [3.63, 3.8) is 0 Å². The Balaban J connectivity index is 3.12. The largest absolute Gasteiger partial charge is 0.293 e. The first kappa shape index (κ1) is 13.1. The number of thioether (sulfide) groups is 1. The highest BCUT2D eigenvalue weighted by Gasteiger charge is 2.13. The molecule has 0 aliphatic heterocycles. The van der Waals surface area contributed by atoms with Crippen molar-refractivity contribution in [1.82, 2.24) is 0 Å². The summed E-state index contributed by atoms with van der Waals surface area (Å²) in [5, 5.41) is 0.281. The lowest BCUT2D eigenvalue weighted by Crippen LogP contribution is -2.10. The molecule has 0 radical (unpaired) electrons. The Labute approximate surface area is 108 Å². The molecule has 0 heterocycles. The summed E-state index contributed by atoms with van der Waals surface area (Å²) in [7, 11) is 0. The monoisotopic (exact) mass is 306 g/mol. The van der Waals surface area contributed by atoms with Crippen molar-refractivity contribution >= 4 is 45.1 Å². The van der Waals surface area contributed by atoms with Crippen LogP contribution in [0.1, 0.15) is 22.8 Å². The second-order valence-corrected chi connectivity index (χ2v) is 5.28. The normalized spacial score (nSPS) is 12.5. The van der Waals surface area contributed by atoms with Crippen LogP contribution >= 0.6 is 39.3 Å². The van der Waals surface area contributed by atoms with Crippen molar-refractivity contribution < 1.29 is 4.79 Å². The van der Waals surface area contributed by atoms with Gasteiger partial charge in [-0.3, -0.25) is 4.79 Å². The van der Waals surface area contributed by atoms with E-state index >= 15 is 0 Å². The van der Waals surface area contributed by atoms with E-state index in [9.17, 15) is 4.79 Å². The minimum absolute atomic E-state index is 0.0187. The molecule has 0 spiro atoms. The lowest BCUT2D eigenvalue weighted by atomic mass is 10.1. The van der Waals surface area contributed by atoms with Crippen molar-refractivity contribution in [1.29, 1.82) is 0 Å². The van der Waals surface area contributed by atoms with Gasteiger partial charge in [-0.2, -0.15) is 0 Å². The fourth-order valence-electron chi connectivity index (χ4n) is 1.23. The van der Waals surface area contributed by atoms with E-state index in [0.29, 0.717) is 5.56 Å². The Morgan fingerprint density at radius 3 is 2.67 bits per heavy atom. The van der Waals surface area contributed by atoms with Crippen LogP contribution in [0.4, 0.5) is 0 Å². The van der Waals surface area contributed by atoms with Gasteiger partial charge in [0.1, 0.15) is 0 Å². The minimum atomic E-state index is -0.467. The van der Waals surface area contributed by atoms with E-state index in [2.05, 4.69) is 22.0 Å². The van der Waals surface area contributed by atoms with E-state index in [1.807, 2.05) is 18.4 Å². The van der Waals surface area contributed by atoms with Crippen LogP contribution in [-0.4, -0.2) is 17.4 Å². The predicted octanol–water partition coefficient (Wildman–Crippen LogP) is 4.11. The number of carbonyl (C=O) groups excluding carboxylic acids is 1. The maximum atomic E-state index is 11.7. The molecule has 0 saturated carbocycles. The molecule has 0 N–H and O–H groups in total. The standard InChI is InChI=1S/C11H12BrClOS/c1-7(13)11(14)9-3-8(6-12)4-10(5-9)15-2/h3-5,7H,6H2,1-2H3. The minimum Gasteiger partial charge on any atom is -0.293 e. The van der Waals surface area contributed by atoms with Gasteiger partial charge in [-0.25, -0.2) is 0 Å². The van der Waals surface area contributed by atoms with Crippen molar-refractivity contribution in [2.75, 3.05) is 6.26 Å². The van der Waals surface area contributed by atoms with Gasteiger partial charge in [-0.1, -0.05) is 15.9 Å². The number of benzene rings is 1. The third-order valence-corrected chi connectivity index (χ3v) is 3.55. The number of Topliss-reactive ketones (excluding diaryl/α,β-unsaturated/α-hetero) is 1. The van der Waals surface area contributed by atoms with Crippen LogP contribution in [0.3, 0.4) is 0 Å². The third-order valence-electron chi connectivity index (χ3n) is 2.00. The van der Waals surface area contributed by atoms with Crippen LogP contribution < -0.4 is 0 Å². The van der Waals surface area contributed by atoms with Crippen molar-refractivity contribution in [2.24, 2.45) is 0 Å². The smallest absolute Gasteiger partial charge is 0.180 e. The molecule has 15 heavy (non-hydrogen) atoms. The predicted molar refractivity (Wildman–Crippen MR) is 70.5 cm³/mol. The van der Waals surface area contributed by atoms with E-state index < -0.39 is 5.38 Å². The number of carbonyl (C=O) groups is 1. The highest BCUT2D eigenvalue weighted by molar-refractivity contribution is 9.08. The molecule has 1 aromatic carbocycles. The molecule has 1 atom stereocenters. The summed E-state index contributed by atoms with van der Waals surface area (Å²) in [4.78, 5) is 12.8. The zero-order valence-electron chi connectivity index (χ0n) is 8.59. The maximum Gasteiger partial charge on any atom is 0.180 e. The van der Waals surface area contributed by atoms with Gasteiger partial charge < -0.3 is 0 Å². The number of hydrogen-bond donors (Lipinski definition) is 0. The van der Waals surface area contributed by atoms with Crippen LogP contribution in [0.15, 0.2) is 23.1 Å². The van der Waals surface area contributed by atoms with Gasteiger partial charge in [0, 0.05) is 15.8 Å². The lowest BCUT2D eigenvalue weighted by molar-refractivity contribution is 0.0991. The first-order valence-corrected chi connectivity index (χ1v) is 7.29. The average molecular weight is 308 g/mol. The highest BCUT2D eigenvalue weighted by atomic mass is 79.9. The lowest BCUT2D eigenvalue weighted by Gasteiger charge is -2.07. The summed E-state index contributed by atoms with van der Waals surface area (Å²) in [6.45, 7) is 1.70. The van der Waals surface area contributed by atoms with Crippen molar-refractivity contribution in [3.05, 3.63) is 29.3 Å². The van der Waals surface area contributed by atoms with Gasteiger partial charge in [-0.15, -0.1) is 23.4 Å². The van der Waals surface area contributed by atoms with Crippen LogP contribution in [0, 0.1) is 0 Å². The van der Waals surface area contributed by atoms with Gasteiger partial charge in [0.15, 0.2) is 5.78 Å². The van der Waals surface area contributed by atoms with E-state index in [4.69, 9.17) is 11.6 Å². The summed E-state index contributed by atoms with van der Waals surface area (Å²) >= 11 is 10.8. The highest BCUT2D eigenvalue weighted by Crippen LogP contribution is 2.22. The Morgan fingerprint density at radius 1 is 1.53 bits per heavy atom. The summed E-state index contributed by atoms with van der Waals surface area (Å²) in [6, 6.07) is 5.84. The fraction of sp³-hybridized carbons (Fsp3) is 0.364. The zero-order valence-corrected chi connectivity index (χ0v) is 11.7. The molecule has 1 unspecified atom stereocenters. The molecule has 4 heteroatoms. The van der Waals surface area contributed by atoms with Crippen LogP contribution in [-0.2, 0) is 5.33 Å². The van der Waals surface area contributed by atoms with Crippen LogP contribution in [0.5, 0.6) is 0 Å². The van der Waals surface area contributed by atoms with Gasteiger partial charge in [0.25, 0.3) is 0 Å². The molecule has 0 amide bonds. The van der Waals surface area contributed by atoms with Gasteiger partial charge >= 0.3 is 0 Å². The summed E-state index contributed by atoms with van der Waals surface area (Å²) < 4.78 is 0. The topological polar surface area (TPSA) is 17.1 Å². The van der Waals surface area contributed by atoms with Crippen LogP contribution in [0.25, 0.3) is 0 Å². The Bertz CT molecular complexity index is 343. The van der Waals surface area contributed by atoms with E-state index in [0.717, 1.165) is 15.8 Å². The molecular formula is C11H12BrClOS. The third kappa shape index (κ3) is 3.51. The zero-order chi connectivity index (χ0) is 11.4. The summed E-state index contributed by atoms with van der Waals surface area (Å²) in [5.41, 5.74) is 1.79. The Kier molecular flexibility index (Phi) is 5.16. The van der Waals surface area contributed by atoms with Crippen LogP contribution in [0.2, 0.25) is 0 Å². The molecule has 0 fully saturated rings. The fourth-order valence-corrected chi connectivity index (χ4v) is 2.19.